The Bertz CT molecular complexity index is 1780. The third-order valence-corrected chi connectivity index (χ3v) is 9.39. The Kier molecular flexibility index (Phi) is 11.4. The lowest BCUT2D eigenvalue weighted by Gasteiger charge is -2.33. The summed E-state index contributed by atoms with van der Waals surface area (Å²) in [6.45, 7) is 1.85. The number of aliphatic imine (C=N–C) groups is 1. The van der Waals surface area contributed by atoms with Crippen LogP contribution < -0.4 is 14.8 Å². The Morgan fingerprint density at radius 1 is 0.896 bits per heavy atom. The van der Waals surface area contributed by atoms with E-state index in [4.69, 9.17) is 19.2 Å². The molecule has 1 amide bonds. The Morgan fingerprint density at radius 3 is 2.02 bits per heavy atom. The summed E-state index contributed by atoms with van der Waals surface area (Å²) >= 11 is 1.28. The van der Waals surface area contributed by atoms with E-state index >= 15 is 0 Å². The third-order valence-electron chi connectivity index (χ3n) is 7.34. The largest absolute Gasteiger partial charge is 0.463 e. The summed E-state index contributed by atoms with van der Waals surface area (Å²) in [5.41, 5.74) is 2.82. The van der Waals surface area contributed by atoms with Gasteiger partial charge in [-0.1, -0.05) is 91.0 Å². The molecule has 0 saturated carbocycles. The maximum atomic E-state index is 13.2. The number of ether oxygens (including phenoxy) is 3. The van der Waals surface area contributed by atoms with E-state index in [1.54, 1.807) is 19.1 Å². The number of fused-ring (bicyclic) bond motifs is 1. The predicted octanol–water partition coefficient (Wildman–Crippen LogP) is 5.61. The van der Waals surface area contributed by atoms with Crippen molar-refractivity contribution in [3.05, 3.63) is 129 Å². The fourth-order valence-electron chi connectivity index (χ4n) is 5.25. The molecule has 1 aliphatic heterocycles. The molecule has 1 aliphatic rings. The van der Waals surface area contributed by atoms with Crippen molar-refractivity contribution in [3.63, 3.8) is 0 Å². The number of nitrogens with one attached hydrogen (secondary N) is 3. The van der Waals surface area contributed by atoms with Crippen molar-refractivity contribution in [2.45, 2.75) is 25.4 Å². The molecule has 0 radical (unpaired) electrons. The Morgan fingerprint density at radius 2 is 1.48 bits per heavy atom. The maximum Gasteiger partial charge on any atom is 0.421 e. The van der Waals surface area contributed by atoms with Crippen molar-refractivity contribution in [1.29, 1.82) is 0 Å². The molecule has 0 spiro atoms. The van der Waals surface area contributed by atoms with Crippen LogP contribution in [0.4, 0.5) is 10.5 Å². The number of thiophene rings is 1. The lowest BCUT2D eigenvalue weighted by molar-refractivity contribution is -0.138. The summed E-state index contributed by atoms with van der Waals surface area (Å²) in [5.74, 6) is 0.0337. The zero-order chi connectivity index (χ0) is 34.0. The molecule has 0 bridgehead atoms. The topological polar surface area (TPSA) is 144 Å². The molecule has 0 fully saturated rings. The number of carbonyl (C=O) groups excluding carboxylic acids is 2. The van der Waals surface area contributed by atoms with Gasteiger partial charge < -0.3 is 19.5 Å². The summed E-state index contributed by atoms with van der Waals surface area (Å²) in [6, 6.07) is 31.7. The van der Waals surface area contributed by atoms with Crippen molar-refractivity contribution in [3.8, 4) is 0 Å². The molecule has 13 heteroatoms. The smallest absolute Gasteiger partial charge is 0.421 e. The zero-order valence-electron chi connectivity index (χ0n) is 26.5. The van der Waals surface area contributed by atoms with Gasteiger partial charge in [0.15, 0.2) is 0 Å². The molecule has 3 aromatic carbocycles. The highest BCUT2D eigenvalue weighted by molar-refractivity contribution is 7.88. The van der Waals surface area contributed by atoms with Crippen molar-refractivity contribution >= 4 is 51.2 Å². The highest BCUT2D eigenvalue weighted by Gasteiger charge is 2.37. The van der Waals surface area contributed by atoms with Gasteiger partial charge in [0, 0.05) is 30.5 Å². The first-order chi connectivity index (χ1) is 23.2. The molecule has 3 N–H and O–H groups in total. The Hall–Kier alpha value is -4.82. The Labute approximate surface area is 283 Å². The standard InChI is InChI=1S/C35H36N4O7S2/c1-3-45-33(40)25-21-31-30(23-29(47-31)24-36-48(42,43)39-34(41)46-20-19-44-2)37-32(22-25)38-35(26-13-7-4-8-14-26,27-15-9-5-10-16-27)28-17-11-6-12-18-28/h4-18,21,23,36H,3,19-20,22,24H2,1-2H3,(H,37,38)(H,39,41). The summed E-state index contributed by atoms with van der Waals surface area (Å²) in [5, 5.41) is 3.45. The van der Waals surface area contributed by atoms with Crippen LogP contribution in [0.2, 0.25) is 0 Å². The molecule has 5 rings (SSSR count). The SMILES string of the molecule is CCOC(=O)C1=Cc2sc(CNS(=O)(=O)NC(=O)OCCOC)cc2NC(=NC(c2ccccc2)(c2ccccc2)c2ccccc2)C1. The number of benzene rings is 3. The van der Waals surface area contributed by atoms with Gasteiger partial charge in [-0.15, -0.1) is 11.3 Å². The molecule has 48 heavy (non-hydrogen) atoms. The minimum absolute atomic E-state index is 0.0969. The van der Waals surface area contributed by atoms with E-state index in [0.29, 0.717) is 26.9 Å². The lowest BCUT2D eigenvalue weighted by atomic mass is 9.77. The van der Waals surface area contributed by atoms with Crippen molar-refractivity contribution in [1.82, 2.24) is 9.44 Å². The molecule has 0 unspecified atom stereocenters. The van der Waals surface area contributed by atoms with E-state index in [1.165, 1.54) is 18.4 Å². The first-order valence-corrected chi connectivity index (χ1v) is 17.5. The van der Waals surface area contributed by atoms with Gasteiger partial charge in [-0.25, -0.2) is 14.3 Å². The second-order valence-corrected chi connectivity index (χ2v) is 13.3. The van der Waals surface area contributed by atoms with Gasteiger partial charge in [0.05, 0.1) is 23.8 Å². The van der Waals surface area contributed by atoms with Gasteiger partial charge in [-0.3, -0.25) is 4.99 Å². The van der Waals surface area contributed by atoms with E-state index in [1.807, 2.05) is 95.7 Å². The first-order valence-electron chi connectivity index (χ1n) is 15.2. The van der Waals surface area contributed by atoms with Crippen LogP contribution in [-0.4, -0.2) is 53.2 Å². The molecule has 11 nitrogen and oxygen atoms in total. The molecular weight excluding hydrogens is 653 g/mol. The quantitative estimate of drug-likeness (QED) is 0.0935. The molecule has 0 saturated heterocycles. The van der Waals surface area contributed by atoms with E-state index in [9.17, 15) is 18.0 Å². The maximum absolute atomic E-state index is 13.2. The number of amides is 1. The number of esters is 1. The van der Waals surface area contributed by atoms with Gasteiger partial charge >= 0.3 is 22.3 Å². The highest BCUT2D eigenvalue weighted by atomic mass is 32.2. The van der Waals surface area contributed by atoms with Crippen LogP contribution in [0.25, 0.3) is 6.08 Å². The second kappa shape index (κ2) is 15.8. The molecule has 2 heterocycles. The van der Waals surface area contributed by atoms with Crippen LogP contribution in [0, 0.1) is 0 Å². The fourth-order valence-corrected chi connectivity index (χ4v) is 7.07. The van der Waals surface area contributed by atoms with E-state index in [2.05, 4.69) is 10.0 Å². The summed E-state index contributed by atoms with van der Waals surface area (Å²) in [6.07, 6.45) is 0.780. The number of anilines is 1. The monoisotopic (exact) mass is 688 g/mol. The van der Waals surface area contributed by atoms with Crippen LogP contribution in [0.15, 0.2) is 108 Å². The van der Waals surface area contributed by atoms with E-state index in [-0.39, 0.29) is 32.8 Å². The summed E-state index contributed by atoms with van der Waals surface area (Å²) in [4.78, 5) is 31.9. The molecular formula is C35H36N4O7S2. The van der Waals surface area contributed by atoms with Gasteiger partial charge in [-0.2, -0.15) is 13.1 Å². The zero-order valence-corrected chi connectivity index (χ0v) is 28.1. The Balaban J connectivity index is 1.55. The average molecular weight is 689 g/mol. The molecule has 0 aliphatic carbocycles. The van der Waals surface area contributed by atoms with Crippen LogP contribution in [-0.2, 0) is 41.3 Å². The minimum atomic E-state index is -4.23. The van der Waals surface area contributed by atoms with Crippen LogP contribution >= 0.6 is 11.3 Å². The van der Waals surface area contributed by atoms with E-state index < -0.39 is 27.8 Å². The molecule has 0 atom stereocenters. The van der Waals surface area contributed by atoms with Crippen molar-refractivity contribution < 1.29 is 32.2 Å². The van der Waals surface area contributed by atoms with Gasteiger partial charge in [0.25, 0.3) is 0 Å². The average Bonchev–Trinajstić information content (AvgIpc) is 3.39. The minimum Gasteiger partial charge on any atom is -0.463 e. The van der Waals surface area contributed by atoms with Crippen LogP contribution in [0.3, 0.4) is 0 Å². The van der Waals surface area contributed by atoms with Gasteiger partial charge in [-0.05, 0) is 35.8 Å². The van der Waals surface area contributed by atoms with Crippen LogP contribution in [0.1, 0.15) is 39.8 Å². The molecule has 250 valence electrons. The third kappa shape index (κ3) is 8.36. The fraction of sp³-hybridized carbons (Fsp3) is 0.229. The highest BCUT2D eigenvalue weighted by Crippen LogP contribution is 2.42. The number of amidine groups is 1. The summed E-state index contributed by atoms with van der Waals surface area (Å²) < 4.78 is 44.2. The number of hydrogen-bond acceptors (Lipinski definition) is 9. The predicted molar refractivity (Wildman–Crippen MR) is 186 cm³/mol. The molecule has 1 aromatic heterocycles. The second-order valence-electron chi connectivity index (χ2n) is 10.6. The summed E-state index contributed by atoms with van der Waals surface area (Å²) in [7, 11) is -2.79. The number of hydrogen-bond donors (Lipinski definition) is 3. The number of rotatable bonds is 13. The lowest BCUT2D eigenvalue weighted by Crippen LogP contribution is -2.40. The molecule has 4 aromatic rings. The van der Waals surface area contributed by atoms with Gasteiger partial charge in [0.1, 0.15) is 18.0 Å². The van der Waals surface area contributed by atoms with Crippen LogP contribution in [0.5, 0.6) is 0 Å². The van der Waals surface area contributed by atoms with Gasteiger partial charge in [0.2, 0.25) is 0 Å². The number of nitrogens with zero attached hydrogens (tertiary/aromatic N) is 1. The number of methoxy groups -OCH3 is 1. The van der Waals surface area contributed by atoms with Crippen molar-refractivity contribution in [2.24, 2.45) is 4.99 Å². The first kappa shape index (κ1) is 34.5. The van der Waals surface area contributed by atoms with E-state index in [0.717, 1.165) is 16.7 Å². The normalized spacial score (nSPS) is 13.9. The number of carbonyl (C=O) groups is 2. The van der Waals surface area contributed by atoms with Crippen molar-refractivity contribution in [2.75, 3.05) is 32.2 Å².